The lowest BCUT2D eigenvalue weighted by Gasteiger charge is -2.44. The van der Waals surface area contributed by atoms with E-state index in [1.807, 2.05) is 58.0 Å². The summed E-state index contributed by atoms with van der Waals surface area (Å²) in [5.74, 6) is -0.291. The van der Waals surface area contributed by atoms with E-state index in [1.165, 1.54) is 6.07 Å². The molecule has 7 heteroatoms. The van der Waals surface area contributed by atoms with Crippen LogP contribution in [0.3, 0.4) is 0 Å². The van der Waals surface area contributed by atoms with E-state index >= 15 is 4.39 Å². The molecule has 204 valence electrons. The predicted octanol–water partition coefficient (Wildman–Crippen LogP) is 7.72. The Balaban J connectivity index is 1.67. The van der Waals surface area contributed by atoms with Crippen LogP contribution in [0.2, 0.25) is 0 Å². The van der Waals surface area contributed by atoms with E-state index in [0.717, 1.165) is 32.5 Å². The van der Waals surface area contributed by atoms with E-state index in [0.29, 0.717) is 30.7 Å². The first-order chi connectivity index (χ1) is 19.0. The number of carbonyl (C=O) groups excluding carboxylic acids is 1. The molecule has 40 heavy (non-hydrogen) atoms. The molecule has 3 aromatic rings. The summed E-state index contributed by atoms with van der Waals surface area (Å²) in [5.41, 5.74) is 11.8. The lowest BCUT2D eigenvalue weighted by Crippen LogP contribution is -2.42. The van der Waals surface area contributed by atoms with Gasteiger partial charge in [0.1, 0.15) is 24.0 Å². The van der Waals surface area contributed by atoms with Crippen molar-refractivity contribution in [2.45, 2.75) is 53.1 Å². The van der Waals surface area contributed by atoms with Gasteiger partial charge in [-0.25, -0.2) is 4.39 Å². The predicted molar refractivity (Wildman–Crippen MR) is 158 cm³/mol. The van der Waals surface area contributed by atoms with Crippen molar-refractivity contribution in [1.82, 2.24) is 0 Å². The number of ether oxygens (including phenoxy) is 1. The highest BCUT2D eigenvalue weighted by molar-refractivity contribution is 9.10. The van der Waals surface area contributed by atoms with E-state index in [1.54, 1.807) is 23.1 Å². The molecule has 0 saturated carbocycles. The van der Waals surface area contributed by atoms with Crippen LogP contribution >= 0.6 is 15.9 Å². The van der Waals surface area contributed by atoms with Crippen molar-refractivity contribution in [1.29, 1.82) is 5.26 Å². The lowest BCUT2D eigenvalue weighted by atomic mass is 9.68. The molecule has 5 nitrogen and oxygen atoms in total. The zero-order valence-electron chi connectivity index (χ0n) is 23.0. The monoisotopic (exact) mass is 599 g/mol. The fourth-order valence-electron chi connectivity index (χ4n) is 5.80. The van der Waals surface area contributed by atoms with Crippen molar-refractivity contribution in [3.05, 3.63) is 116 Å². The minimum atomic E-state index is -0.654. The lowest BCUT2D eigenvalue weighted by molar-refractivity contribution is -0.118. The van der Waals surface area contributed by atoms with Gasteiger partial charge in [-0.3, -0.25) is 9.69 Å². The second-order valence-electron chi connectivity index (χ2n) is 11.3. The molecule has 0 fully saturated rings. The summed E-state index contributed by atoms with van der Waals surface area (Å²) in [4.78, 5) is 15.5. The molecule has 0 radical (unpaired) electrons. The number of aryl methyl sites for hydroxylation is 2. The van der Waals surface area contributed by atoms with Crippen molar-refractivity contribution in [3.63, 3.8) is 0 Å². The topological polar surface area (TPSA) is 79.4 Å². The van der Waals surface area contributed by atoms with Crippen LogP contribution in [0.1, 0.15) is 54.9 Å². The summed E-state index contributed by atoms with van der Waals surface area (Å²) in [6, 6.07) is 20.3. The van der Waals surface area contributed by atoms with Crippen molar-refractivity contribution in [2.24, 2.45) is 11.1 Å². The van der Waals surface area contributed by atoms with Crippen molar-refractivity contribution >= 4 is 27.4 Å². The Morgan fingerprint density at radius 3 is 2.48 bits per heavy atom. The Labute approximate surface area is 242 Å². The summed E-state index contributed by atoms with van der Waals surface area (Å²) >= 11 is 3.44. The van der Waals surface area contributed by atoms with E-state index in [-0.39, 0.29) is 28.3 Å². The smallest absolute Gasteiger partial charge is 0.162 e. The molecule has 0 aromatic heterocycles. The molecule has 5 rings (SSSR count). The molecule has 1 aliphatic carbocycles. The van der Waals surface area contributed by atoms with E-state index in [4.69, 9.17) is 10.5 Å². The first-order valence-electron chi connectivity index (χ1n) is 13.2. The highest BCUT2D eigenvalue weighted by Crippen LogP contribution is 2.51. The van der Waals surface area contributed by atoms with Gasteiger partial charge < -0.3 is 10.5 Å². The molecule has 1 aliphatic heterocycles. The Kier molecular flexibility index (Phi) is 7.32. The summed E-state index contributed by atoms with van der Waals surface area (Å²) in [6.45, 7) is 8.37. The van der Waals surface area contributed by atoms with E-state index < -0.39 is 11.7 Å². The number of ketones is 1. The van der Waals surface area contributed by atoms with Crippen LogP contribution in [0.5, 0.6) is 5.75 Å². The molecule has 2 N–H and O–H groups in total. The number of nitrogens with two attached hydrogens (primary N) is 1. The number of Topliss-reactive ketones (excluding diaryl/α,β-unsaturated/α-hetero) is 1. The second-order valence-corrected chi connectivity index (χ2v) is 12.2. The zero-order chi connectivity index (χ0) is 28.8. The molecule has 0 spiro atoms. The fraction of sp³-hybridized carbons (Fsp3) is 0.273. The van der Waals surface area contributed by atoms with Crippen LogP contribution in [0.4, 0.5) is 10.1 Å². The van der Waals surface area contributed by atoms with Crippen LogP contribution in [0.25, 0.3) is 0 Å². The van der Waals surface area contributed by atoms with Gasteiger partial charge in [0.2, 0.25) is 0 Å². The zero-order valence-corrected chi connectivity index (χ0v) is 24.6. The van der Waals surface area contributed by atoms with Crippen LogP contribution in [0.15, 0.2) is 87.8 Å². The molecular weight excluding hydrogens is 569 g/mol. The van der Waals surface area contributed by atoms with E-state index in [2.05, 4.69) is 28.1 Å². The number of anilines is 1. The number of para-hydroxylation sites is 1. The highest BCUT2D eigenvalue weighted by Gasteiger charge is 2.45. The molecule has 0 bridgehead atoms. The molecule has 0 amide bonds. The highest BCUT2D eigenvalue weighted by atomic mass is 79.9. The van der Waals surface area contributed by atoms with Gasteiger partial charge >= 0.3 is 0 Å². The van der Waals surface area contributed by atoms with Gasteiger partial charge in [-0.05, 0) is 84.3 Å². The van der Waals surface area contributed by atoms with Gasteiger partial charge in [0, 0.05) is 22.2 Å². The van der Waals surface area contributed by atoms with Gasteiger partial charge in [-0.1, -0.05) is 54.0 Å². The average molecular weight is 601 g/mol. The van der Waals surface area contributed by atoms with Crippen LogP contribution in [-0.4, -0.2) is 5.78 Å². The molecule has 1 heterocycles. The third-order valence-electron chi connectivity index (χ3n) is 7.72. The largest absolute Gasteiger partial charge is 0.489 e. The maximum absolute atomic E-state index is 15.1. The summed E-state index contributed by atoms with van der Waals surface area (Å²) in [5, 5.41) is 10.4. The van der Waals surface area contributed by atoms with Crippen molar-refractivity contribution < 1.29 is 13.9 Å². The maximum Gasteiger partial charge on any atom is 0.162 e. The van der Waals surface area contributed by atoms with Gasteiger partial charge in [0.25, 0.3) is 0 Å². The molecule has 1 unspecified atom stereocenters. The van der Waals surface area contributed by atoms with Gasteiger partial charge in [0.05, 0.1) is 23.2 Å². The van der Waals surface area contributed by atoms with Crippen molar-refractivity contribution in [3.8, 4) is 11.8 Å². The second kappa shape index (κ2) is 10.6. The van der Waals surface area contributed by atoms with Crippen LogP contribution < -0.4 is 15.4 Å². The molecule has 3 aromatic carbocycles. The van der Waals surface area contributed by atoms with E-state index in [9.17, 15) is 10.1 Å². The number of hydrogen-bond acceptors (Lipinski definition) is 5. The first kappa shape index (κ1) is 27.7. The summed E-state index contributed by atoms with van der Waals surface area (Å²) in [7, 11) is 0. The Bertz CT molecular complexity index is 1620. The van der Waals surface area contributed by atoms with Crippen molar-refractivity contribution in [2.75, 3.05) is 4.90 Å². The minimum Gasteiger partial charge on any atom is -0.489 e. The first-order valence-corrected chi connectivity index (χ1v) is 14.0. The SMILES string of the molecule is Cc1cc(C)c(C2C(C#N)=C(N)N(c3ccccc3F)C3=C2C(=O)CC(C)(C)C3)cc1COc1ccc(Br)cc1. The molecule has 0 saturated heterocycles. The molecule has 1 atom stereocenters. The van der Waals surface area contributed by atoms with Gasteiger partial charge in [-0.15, -0.1) is 0 Å². The number of allylic oxidation sites excluding steroid dienone is 3. The summed E-state index contributed by atoms with van der Waals surface area (Å²) in [6.07, 6.45) is 0.846. The Morgan fingerprint density at radius 1 is 1.10 bits per heavy atom. The number of carbonyl (C=O) groups is 1. The van der Waals surface area contributed by atoms with Crippen LogP contribution in [-0.2, 0) is 11.4 Å². The summed E-state index contributed by atoms with van der Waals surface area (Å²) < 4.78 is 22.2. The number of benzene rings is 3. The standard InChI is InChI=1S/C33H31BrFN3O2/c1-19-13-20(2)24(14-21(19)18-40-23-11-9-22(34)10-12-23)30-25(17-36)32(37)38(27-8-6-5-7-26(27)35)28-15-33(3,4)16-29(39)31(28)30/h5-14,30H,15-16,18,37H2,1-4H3. The fourth-order valence-corrected chi connectivity index (χ4v) is 6.07. The number of nitriles is 1. The number of nitrogens with zero attached hydrogens (tertiary/aromatic N) is 2. The quantitative estimate of drug-likeness (QED) is 0.324. The van der Waals surface area contributed by atoms with Gasteiger partial charge in [0.15, 0.2) is 5.78 Å². The Hall–Kier alpha value is -3.89. The van der Waals surface area contributed by atoms with Crippen LogP contribution in [0, 0.1) is 36.4 Å². The third-order valence-corrected chi connectivity index (χ3v) is 8.25. The number of rotatable bonds is 5. The molecule has 2 aliphatic rings. The molecular formula is C33H31BrFN3O2. The maximum atomic E-state index is 15.1. The number of hydrogen-bond donors (Lipinski definition) is 1. The average Bonchev–Trinajstić information content (AvgIpc) is 2.89. The normalized spacial score (nSPS) is 18.5. The number of halogens is 2. The minimum absolute atomic E-state index is 0.0505. The Morgan fingerprint density at radius 2 is 1.80 bits per heavy atom. The third kappa shape index (κ3) is 5.04. The van der Waals surface area contributed by atoms with Gasteiger partial charge in [-0.2, -0.15) is 5.26 Å².